The van der Waals surface area contributed by atoms with Gasteiger partial charge < -0.3 is 25.4 Å². The van der Waals surface area contributed by atoms with E-state index in [1.54, 1.807) is 0 Å². The average Bonchev–Trinajstić information content (AvgIpc) is 2.93. The molecule has 1 aliphatic rings. The second-order valence-electron chi connectivity index (χ2n) is 6.74. The van der Waals surface area contributed by atoms with E-state index in [1.165, 1.54) is 42.5 Å². The van der Waals surface area contributed by atoms with Crippen LogP contribution in [0.5, 0.6) is 0 Å². The molecule has 1 saturated heterocycles. The highest BCUT2D eigenvalue weighted by molar-refractivity contribution is 5.23. The normalized spacial score (nSPS) is 25.7. The summed E-state index contributed by atoms with van der Waals surface area (Å²) in [5.41, 5.74) is 4.93. The first-order valence-electron chi connectivity index (χ1n) is 9.49. The van der Waals surface area contributed by atoms with E-state index in [0.29, 0.717) is 6.61 Å². The van der Waals surface area contributed by atoms with E-state index in [4.69, 9.17) is 15.2 Å². The van der Waals surface area contributed by atoms with Gasteiger partial charge in [0.15, 0.2) is 6.23 Å². The second-order valence-corrected chi connectivity index (χ2v) is 6.74. The van der Waals surface area contributed by atoms with Crippen molar-refractivity contribution in [2.45, 2.75) is 76.4 Å². The quantitative estimate of drug-likeness (QED) is 0.502. The lowest BCUT2D eigenvalue weighted by Gasteiger charge is -2.22. The van der Waals surface area contributed by atoms with Gasteiger partial charge in [0, 0.05) is 12.8 Å². The molecule has 0 amide bonds. The molecule has 0 aromatic carbocycles. The second kappa shape index (κ2) is 10.6. The molecule has 148 valence electrons. The van der Waals surface area contributed by atoms with E-state index in [2.05, 4.69) is 11.9 Å². The number of anilines is 1. The van der Waals surface area contributed by atoms with E-state index >= 15 is 0 Å². The highest BCUT2D eigenvalue weighted by atomic mass is 16.6. The van der Waals surface area contributed by atoms with E-state index in [0.717, 1.165) is 19.3 Å². The third-order valence-electron chi connectivity index (χ3n) is 4.68. The molecule has 4 atom stereocenters. The number of aliphatic hydroxyl groups is 2. The van der Waals surface area contributed by atoms with Gasteiger partial charge in [-0.05, 0) is 12.5 Å². The molecule has 1 aromatic heterocycles. The maximum absolute atomic E-state index is 12.1. The van der Waals surface area contributed by atoms with Crippen molar-refractivity contribution in [3.8, 4) is 0 Å². The van der Waals surface area contributed by atoms with Gasteiger partial charge in [-0.25, -0.2) is 4.79 Å². The van der Waals surface area contributed by atoms with E-state index in [-0.39, 0.29) is 12.4 Å². The number of hydrogen-bond acceptors (Lipinski definition) is 7. The molecule has 2 rings (SSSR count). The molecular formula is C18H31N3O5. The molecule has 2 heterocycles. The summed E-state index contributed by atoms with van der Waals surface area (Å²) in [4.78, 5) is 15.7. The van der Waals surface area contributed by atoms with E-state index in [1.807, 2.05) is 0 Å². The Morgan fingerprint density at radius 3 is 2.62 bits per heavy atom. The van der Waals surface area contributed by atoms with Gasteiger partial charge in [0.25, 0.3) is 0 Å². The van der Waals surface area contributed by atoms with Crippen molar-refractivity contribution in [1.82, 2.24) is 9.55 Å². The summed E-state index contributed by atoms with van der Waals surface area (Å²) >= 11 is 0. The Hall–Kier alpha value is -1.48. The number of ether oxygens (including phenoxy) is 2. The number of unbranched alkanes of at least 4 members (excludes halogenated alkanes) is 6. The van der Waals surface area contributed by atoms with Crippen molar-refractivity contribution in [2.24, 2.45) is 0 Å². The van der Waals surface area contributed by atoms with Gasteiger partial charge in [0.1, 0.15) is 24.1 Å². The topological polar surface area (TPSA) is 120 Å². The summed E-state index contributed by atoms with van der Waals surface area (Å²) in [6.07, 6.45) is 6.16. The van der Waals surface area contributed by atoms with Gasteiger partial charge in [-0.1, -0.05) is 45.4 Å². The summed E-state index contributed by atoms with van der Waals surface area (Å²) in [6, 6.07) is 1.48. The van der Waals surface area contributed by atoms with Crippen LogP contribution in [0, 0.1) is 0 Å². The molecule has 0 spiro atoms. The van der Waals surface area contributed by atoms with Gasteiger partial charge in [-0.15, -0.1) is 0 Å². The first kappa shape index (κ1) is 20.8. The number of hydrogen-bond donors (Lipinski definition) is 3. The van der Waals surface area contributed by atoms with Crippen LogP contribution in [0.1, 0.15) is 58.1 Å². The minimum Gasteiger partial charge on any atom is -0.394 e. The van der Waals surface area contributed by atoms with Crippen molar-refractivity contribution >= 4 is 5.82 Å². The molecule has 8 heteroatoms. The van der Waals surface area contributed by atoms with Crippen LogP contribution in [0.3, 0.4) is 0 Å². The van der Waals surface area contributed by atoms with Crippen molar-refractivity contribution < 1.29 is 19.7 Å². The Morgan fingerprint density at radius 1 is 1.27 bits per heavy atom. The Labute approximate surface area is 154 Å². The van der Waals surface area contributed by atoms with Crippen molar-refractivity contribution in [3.05, 3.63) is 22.7 Å². The zero-order chi connectivity index (χ0) is 18.9. The van der Waals surface area contributed by atoms with Gasteiger partial charge >= 0.3 is 5.69 Å². The van der Waals surface area contributed by atoms with Crippen LogP contribution < -0.4 is 11.4 Å². The summed E-state index contributed by atoms with van der Waals surface area (Å²) in [7, 11) is 0. The monoisotopic (exact) mass is 369 g/mol. The average molecular weight is 369 g/mol. The van der Waals surface area contributed by atoms with E-state index < -0.39 is 30.2 Å². The molecule has 1 aliphatic heterocycles. The lowest BCUT2D eigenvalue weighted by molar-refractivity contribution is -0.0748. The van der Waals surface area contributed by atoms with Crippen molar-refractivity contribution in [3.63, 3.8) is 0 Å². The Bertz CT molecular complexity index is 594. The fourth-order valence-corrected chi connectivity index (χ4v) is 3.17. The number of nitrogens with zero attached hydrogens (tertiary/aromatic N) is 2. The standard InChI is InChI=1S/C18H31N3O5/c1-2-3-4-5-6-7-8-11-25-16-15(23)13(12-22)26-17(16)21-10-9-14(19)20-18(21)24/h9-10,13,15-17,22-23H,2-8,11-12H2,1H3,(H2,19,20,24)/t13-,15?,16?,17-/m1/s1. The van der Waals surface area contributed by atoms with Crippen molar-refractivity contribution in [2.75, 3.05) is 18.9 Å². The number of nitrogens with two attached hydrogens (primary N) is 1. The van der Waals surface area contributed by atoms with Gasteiger partial charge in [-0.3, -0.25) is 4.57 Å². The molecule has 2 unspecified atom stereocenters. The summed E-state index contributed by atoms with van der Waals surface area (Å²) < 4.78 is 12.7. The van der Waals surface area contributed by atoms with Crippen LogP contribution in [-0.2, 0) is 9.47 Å². The fraction of sp³-hybridized carbons (Fsp3) is 0.778. The van der Waals surface area contributed by atoms with Gasteiger partial charge in [0.05, 0.1) is 6.61 Å². The SMILES string of the molecule is CCCCCCCCCOC1C(O)[C@@H](CO)O[C@H]1n1ccc(N)nc1=O. The third-order valence-corrected chi connectivity index (χ3v) is 4.68. The molecule has 0 saturated carbocycles. The van der Waals surface area contributed by atoms with E-state index in [9.17, 15) is 15.0 Å². The minimum atomic E-state index is -1.01. The number of aromatic nitrogens is 2. The fourth-order valence-electron chi connectivity index (χ4n) is 3.17. The third kappa shape index (κ3) is 5.51. The highest BCUT2D eigenvalue weighted by Gasteiger charge is 2.45. The van der Waals surface area contributed by atoms with Crippen molar-refractivity contribution in [1.29, 1.82) is 0 Å². The van der Waals surface area contributed by atoms with Gasteiger partial charge in [0.2, 0.25) is 0 Å². The minimum absolute atomic E-state index is 0.115. The first-order valence-corrected chi connectivity index (χ1v) is 9.49. The summed E-state index contributed by atoms with van der Waals surface area (Å²) in [6.45, 7) is 2.30. The smallest absolute Gasteiger partial charge is 0.351 e. The maximum Gasteiger partial charge on any atom is 0.351 e. The number of aliphatic hydroxyl groups excluding tert-OH is 2. The molecule has 8 nitrogen and oxygen atoms in total. The van der Waals surface area contributed by atoms with Crippen LogP contribution in [0.2, 0.25) is 0 Å². The molecule has 1 fully saturated rings. The lowest BCUT2D eigenvalue weighted by Crippen LogP contribution is -2.38. The van der Waals surface area contributed by atoms with Crippen LogP contribution in [0.25, 0.3) is 0 Å². The number of nitrogen functional groups attached to an aromatic ring is 1. The number of rotatable bonds is 11. The molecule has 0 radical (unpaired) electrons. The van der Waals surface area contributed by atoms with Crippen LogP contribution >= 0.6 is 0 Å². The lowest BCUT2D eigenvalue weighted by atomic mass is 10.1. The molecule has 0 bridgehead atoms. The highest BCUT2D eigenvalue weighted by Crippen LogP contribution is 2.31. The molecule has 0 aliphatic carbocycles. The predicted octanol–water partition coefficient (Wildman–Crippen LogP) is 1.21. The Balaban J connectivity index is 1.89. The Kier molecular flexibility index (Phi) is 8.50. The predicted molar refractivity (Wildman–Crippen MR) is 97.6 cm³/mol. The summed E-state index contributed by atoms with van der Waals surface area (Å²) in [5.74, 6) is 0.115. The molecule has 4 N–H and O–H groups in total. The Morgan fingerprint density at radius 2 is 1.96 bits per heavy atom. The van der Waals surface area contributed by atoms with Crippen LogP contribution in [0.4, 0.5) is 5.82 Å². The molecule has 26 heavy (non-hydrogen) atoms. The zero-order valence-electron chi connectivity index (χ0n) is 15.4. The first-order chi connectivity index (χ1) is 12.6. The summed E-state index contributed by atoms with van der Waals surface area (Å²) in [5, 5.41) is 19.7. The van der Waals surface area contributed by atoms with Crippen LogP contribution in [0.15, 0.2) is 17.1 Å². The molecular weight excluding hydrogens is 338 g/mol. The maximum atomic E-state index is 12.1. The zero-order valence-corrected chi connectivity index (χ0v) is 15.4. The van der Waals surface area contributed by atoms with Gasteiger partial charge in [-0.2, -0.15) is 4.98 Å². The largest absolute Gasteiger partial charge is 0.394 e. The molecule has 1 aromatic rings. The van der Waals surface area contributed by atoms with Crippen LogP contribution in [-0.4, -0.2) is 51.3 Å².